The second kappa shape index (κ2) is 9.07. The van der Waals surface area contributed by atoms with E-state index in [1.165, 1.54) is 0 Å². The zero-order chi connectivity index (χ0) is 20.2. The molecule has 0 aromatic rings. The zero-order valence-electron chi connectivity index (χ0n) is 16.8. The van der Waals surface area contributed by atoms with E-state index in [1.54, 1.807) is 6.08 Å². The molecule has 0 aromatic heterocycles. The van der Waals surface area contributed by atoms with E-state index in [4.69, 9.17) is 0 Å². The molecule has 0 amide bonds. The van der Waals surface area contributed by atoms with Gasteiger partial charge < -0.3 is 15.3 Å². The molecule has 1 fully saturated rings. The highest BCUT2D eigenvalue weighted by Crippen LogP contribution is 2.40. The highest BCUT2D eigenvalue weighted by atomic mass is 16.4. The summed E-state index contributed by atoms with van der Waals surface area (Å²) in [7, 11) is 0. The zero-order valence-corrected chi connectivity index (χ0v) is 16.8. The minimum Gasteiger partial charge on any atom is -0.392 e. The molecular weight excluding hydrogens is 332 g/mol. The van der Waals surface area contributed by atoms with Crippen molar-refractivity contribution in [1.29, 1.82) is 0 Å². The molecule has 4 unspecified atom stereocenters. The molecule has 0 aliphatic heterocycles. The van der Waals surface area contributed by atoms with Crippen LogP contribution in [-0.4, -0.2) is 44.7 Å². The summed E-state index contributed by atoms with van der Waals surface area (Å²) >= 11 is 0. The van der Waals surface area contributed by atoms with Gasteiger partial charge in [-0.05, 0) is 40.0 Å². The van der Waals surface area contributed by atoms with E-state index in [9.17, 15) is 24.9 Å². The average Bonchev–Trinajstić information content (AvgIpc) is 2.50. The number of hydrogen-bond donors (Lipinski definition) is 3. The Morgan fingerprint density at radius 2 is 1.65 bits per heavy atom. The number of allylic oxidation sites excluding steroid dienone is 3. The van der Waals surface area contributed by atoms with Crippen LogP contribution in [0.5, 0.6) is 0 Å². The lowest BCUT2D eigenvalue weighted by molar-refractivity contribution is -0.188. The molecule has 1 rings (SSSR count). The third kappa shape index (κ3) is 5.12. The standard InChI is InChI=1S/C21H34O5/c1-12(2)7-8-15-18(23)17(16(22)11-14(5)6)20(25)21(26,19(15)24)10-9-13(3)4/h7,9,14-15,17-19,23-24,26H,8,10-11H2,1-6H3/t15?,17?,18?,19?,21-/m0/s1. The van der Waals surface area contributed by atoms with Gasteiger partial charge in [-0.3, -0.25) is 9.59 Å². The Bertz CT molecular complexity index is 581. The first-order valence-electron chi connectivity index (χ1n) is 9.34. The van der Waals surface area contributed by atoms with Gasteiger partial charge in [0.1, 0.15) is 11.7 Å². The van der Waals surface area contributed by atoms with Crippen LogP contribution in [0.15, 0.2) is 23.3 Å². The molecule has 0 radical (unpaired) electrons. The van der Waals surface area contributed by atoms with Crippen molar-refractivity contribution in [3.63, 3.8) is 0 Å². The fourth-order valence-electron chi connectivity index (χ4n) is 3.45. The van der Waals surface area contributed by atoms with Crippen molar-refractivity contribution in [3.05, 3.63) is 23.3 Å². The van der Waals surface area contributed by atoms with E-state index in [2.05, 4.69) is 0 Å². The smallest absolute Gasteiger partial charge is 0.180 e. The van der Waals surface area contributed by atoms with Crippen LogP contribution in [0.1, 0.15) is 60.8 Å². The van der Waals surface area contributed by atoms with Crippen molar-refractivity contribution in [2.24, 2.45) is 17.8 Å². The van der Waals surface area contributed by atoms with Crippen molar-refractivity contribution in [3.8, 4) is 0 Å². The van der Waals surface area contributed by atoms with Crippen LogP contribution in [0, 0.1) is 17.8 Å². The number of hydrogen-bond acceptors (Lipinski definition) is 5. The van der Waals surface area contributed by atoms with Crippen LogP contribution < -0.4 is 0 Å². The summed E-state index contributed by atoms with van der Waals surface area (Å²) in [5, 5.41) is 32.5. The molecule has 0 bridgehead atoms. The molecule has 1 saturated carbocycles. The van der Waals surface area contributed by atoms with E-state index in [0.717, 1.165) is 11.1 Å². The fourth-order valence-corrected chi connectivity index (χ4v) is 3.45. The normalized spacial score (nSPS) is 31.7. The first kappa shape index (κ1) is 22.7. The number of Topliss-reactive ketones (excluding diaryl/α,β-unsaturated/α-hetero) is 2. The number of ketones is 2. The summed E-state index contributed by atoms with van der Waals surface area (Å²) in [6, 6.07) is 0. The molecule has 0 spiro atoms. The number of rotatable bonds is 7. The van der Waals surface area contributed by atoms with Crippen LogP contribution in [0.3, 0.4) is 0 Å². The van der Waals surface area contributed by atoms with Crippen LogP contribution >= 0.6 is 0 Å². The highest BCUT2D eigenvalue weighted by molar-refractivity contribution is 6.07. The Labute approximate surface area is 156 Å². The number of carbonyl (C=O) groups is 2. The van der Waals surface area contributed by atoms with Gasteiger partial charge in [-0.2, -0.15) is 0 Å². The number of aliphatic hydroxyl groups is 3. The average molecular weight is 366 g/mol. The summed E-state index contributed by atoms with van der Waals surface area (Å²) in [4.78, 5) is 25.6. The van der Waals surface area contributed by atoms with Crippen molar-refractivity contribution in [1.82, 2.24) is 0 Å². The van der Waals surface area contributed by atoms with Crippen LogP contribution in [0.4, 0.5) is 0 Å². The predicted molar refractivity (Wildman–Crippen MR) is 102 cm³/mol. The topological polar surface area (TPSA) is 94.8 Å². The Morgan fingerprint density at radius 3 is 2.12 bits per heavy atom. The van der Waals surface area contributed by atoms with Gasteiger partial charge in [0.2, 0.25) is 0 Å². The molecular formula is C21H34O5. The minimum atomic E-state index is -2.06. The van der Waals surface area contributed by atoms with Crippen LogP contribution in [0.25, 0.3) is 0 Å². The first-order chi connectivity index (χ1) is 11.9. The molecule has 1 aliphatic rings. The van der Waals surface area contributed by atoms with Gasteiger partial charge in [-0.15, -0.1) is 0 Å². The van der Waals surface area contributed by atoms with Gasteiger partial charge in [-0.1, -0.05) is 37.1 Å². The lowest BCUT2D eigenvalue weighted by atomic mass is 9.63. The molecule has 5 nitrogen and oxygen atoms in total. The monoisotopic (exact) mass is 366 g/mol. The van der Waals surface area contributed by atoms with Gasteiger partial charge in [-0.25, -0.2) is 0 Å². The quantitative estimate of drug-likeness (QED) is 0.475. The van der Waals surface area contributed by atoms with E-state index in [0.29, 0.717) is 6.42 Å². The molecule has 5 heteroatoms. The summed E-state index contributed by atoms with van der Waals surface area (Å²) in [6.07, 6.45) is 1.17. The molecule has 5 atom stereocenters. The fraction of sp³-hybridized carbons (Fsp3) is 0.714. The minimum absolute atomic E-state index is 0.0384. The van der Waals surface area contributed by atoms with Crippen LogP contribution in [0.2, 0.25) is 0 Å². The second-order valence-corrected chi connectivity index (χ2v) is 8.43. The summed E-state index contributed by atoms with van der Waals surface area (Å²) in [5.41, 5.74) is -0.164. The van der Waals surface area contributed by atoms with E-state index in [1.807, 2.05) is 47.6 Å². The molecule has 0 saturated heterocycles. The molecule has 3 N–H and O–H groups in total. The van der Waals surface area contributed by atoms with E-state index >= 15 is 0 Å². The molecule has 0 heterocycles. The SMILES string of the molecule is CC(C)=CCC1C(O)C(C(=O)CC(C)C)C(=O)[C@](O)(CC=C(C)C)C1O. The first-order valence-corrected chi connectivity index (χ1v) is 9.34. The van der Waals surface area contributed by atoms with Gasteiger partial charge >= 0.3 is 0 Å². The largest absolute Gasteiger partial charge is 0.392 e. The van der Waals surface area contributed by atoms with Gasteiger partial charge in [0.05, 0.1) is 12.2 Å². The lowest BCUT2D eigenvalue weighted by Crippen LogP contribution is -2.65. The van der Waals surface area contributed by atoms with E-state index in [-0.39, 0.29) is 24.5 Å². The number of aliphatic hydroxyl groups excluding tert-OH is 2. The summed E-state index contributed by atoms with van der Waals surface area (Å²) < 4.78 is 0. The van der Waals surface area contributed by atoms with Gasteiger partial charge in [0.15, 0.2) is 11.4 Å². The third-order valence-electron chi connectivity index (χ3n) is 4.96. The Kier molecular flexibility index (Phi) is 7.93. The van der Waals surface area contributed by atoms with E-state index < -0.39 is 35.4 Å². The predicted octanol–water partition coefficient (Wildman–Crippen LogP) is 2.58. The maximum atomic E-state index is 13.0. The van der Waals surface area contributed by atoms with Crippen molar-refractivity contribution in [2.75, 3.05) is 0 Å². The second-order valence-electron chi connectivity index (χ2n) is 8.43. The van der Waals surface area contributed by atoms with Crippen molar-refractivity contribution >= 4 is 11.6 Å². The van der Waals surface area contributed by atoms with Gasteiger partial charge in [0, 0.05) is 18.8 Å². The Morgan fingerprint density at radius 1 is 1.12 bits per heavy atom. The number of carbonyl (C=O) groups excluding carboxylic acids is 2. The lowest BCUT2D eigenvalue weighted by Gasteiger charge is -2.46. The van der Waals surface area contributed by atoms with Crippen molar-refractivity contribution in [2.45, 2.75) is 78.6 Å². The Balaban J connectivity index is 3.33. The van der Waals surface area contributed by atoms with Crippen molar-refractivity contribution < 1.29 is 24.9 Å². The Hall–Kier alpha value is -1.30. The molecule has 148 valence electrons. The van der Waals surface area contributed by atoms with Crippen LogP contribution in [-0.2, 0) is 9.59 Å². The summed E-state index contributed by atoms with van der Waals surface area (Å²) in [5.74, 6) is -3.18. The third-order valence-corrected chi connectivity index (χ3v) is 4.96. The molecule has 0 aromatic carbocycles. The maximum Gasteiger partial charge on any atom is 0.180 e. The molecule has 26 heavy (non-hydrogen) atoms. The molecule has 1 aliphatic carbocycles. The summed E-state index contributed by atoms with van der Waals surface area (Å²) in [6.45, 7) is 11.2. The highest BCUT2D eigenvalue weighted by Gasteiger charge is 2.58. The van der Waals surface area contributed by atoms with Gasteiger partial charge in [0.25, 0.3) is 0 Å². The maximum absolute atomic E-state index is 13.0.